The van der Waals surface area contributed by atoms with Crippen molar-refractivity contribution < 1.29 is 25.9 Å². The number of nitrogens with two attached hydrogens (primary N) is 1. The van der Waals surface area contributed by atoms with Crippen LogP contribution >= 0.6 is 0 Å². The molecule has 1 fully saturated rings. The van der Waals surface area contributed by atoms with Crippen LogP contribution in [0, 0.1) is 0 Å². The molecule has 140 valence electrons. The first-order valence-corrected chi connectivity index (χ1v) is 9.04. The number of nitrogens with zero attached hydrogens (tertiary/aromatic N) is 1. The fraction of sp³-hybridized carbons (Fsp3) is 0.381. The smallest absolute Gasteiger partial charge is 0.684 e. The van der Waals surface area contributed by atoms with Gasteiger partial charge in [-0.3, -0.25) is 4.79 Å². The zero-order valence-electron chi connectivity index (χ0n) is 15.0. The van der Waals surface area contributed by atoms with Gasteiger partial charge in [0, 0.05) is 5.56 Å². The molecule has 2 aromatic carbocycles. The Labute approximate surface area is 169 Å². The second-order valence-corrected chi connectivity index (χ2v) is 6.63. The van der Waals surface area contributed by atoms with Gasteiger partial charge >= 0.3 is 21.1 Å². The average Bonchev–Trinajstić information content (AvgIpc) is 2.62. The summed E-state index contributed by atoms with van der Waals surface area (Å²) in [6.07, 6.45) is 8.03. The van der Waals surface area contributed by atoms with E-state index in [0.717, 1.165) is 40.4 Å². The number of carbonyl (C=O) groups excluding carboxylic acids is 1. The van der Waals surface area contributed by atoms with Crippen LogP contribution in [0.15, 0.2) is 36.4 Å². The molecular formula is C21H25N3OPt. The molecule has 2 aliphatic carbocycles. The van der Waals surface area contributed by atoms with E-state index in [1.54, 1.807) is 6.08 Å². The maximum absolute atomic E-state index is 12.0. The van der Waals surface area contributed by atoms with Gasteiger partial charge in [0.2, 0.25) is 0 Å². The molecule has 0 heterocycles. The van der Waals surface area contributed by atoms with Gasteiger partial charge in [0.15, 0.2) is 5.78 Å². The van der Waals surface area contributed by atoms with E-state index in [0.29, 0.717) is 6.54 Å². The predicted molar refractivity (Wildman–Crippen MR) is 105 cm³/mol. The maximum atomic E-state index is 12.0. The maximum Gasteiger partial charge on any atom is 2.00 e. The number of allylic oxidation sites excluding steroid dienone is 1. The zero-order chi connectivity index (χ0) is 17.8. The summed E-state index contributed by atoms with van der Waals surface area (Å²) in [5.41, 5.74) is 15.6. The molecule has 0 amide bonds. The summed E-state index contributed by atoms with van der Waals surface area (Å²) in [5.74, 6) is 0.0569. The van der Waals surface area contributed by atoms with Crippen LogP contribution in [0.25, 0.3) is 27.9 Å². The third-order valence-electron chi connectivity index (χ3n) is 4.86. The van der Waals surface area contributed by atoms with Crippen LogP contribution < -0.4 is 5.73 Å². The van der Waals surface area contributed by atoms with E-state index in [-0.39, 0.29) is 38.9 Å². The standard InChI is InChI=1S/C15H13NO.C6H13N2.Pt/c1-2-16-12-8-6-10-4-3-5-11-7-9-13(17)15(12)14(10)11;7-5-3-1-2-4-6(5)8;/h3-9H,2H2,1H3,(H,16,17);5-7H,1-4,8H2;/q;-1;+2/p-1. The van der Waals surface area contributed by atoms with Crippen molar-refractivity contribution >= 4 is 28.3 Å². The molecule has 5 heteroatoms. The third kappa shape index (κ3) is 4.43. The van der Waals surface area contributed by atoms with Gasteiger partial charge in [-0.2, -0.15) is 0 Å². The van der Waals surface area contributed by atoms with Crippen molar-refractivity contribution in [2.24, 2.45) is 5.73 Å². The minimum atomic E-state index is 0. The summed E-state index contributed by atoms with van der Waals surface area (Å²) in [6, 6.07) is 10.2. The topological polar surface area (TPSA) is 81.0 Å². The number of ketones is 1. The zero-order valence-corrected chi connectivity index (χ0v) is 17.3. The molecule has 0 saturated heterocycles. The second kappa shape index (κ2) is 9.45. The van der Waals surface area contributed by atoms with Crippen LogP contribution in [0.5, 0.6) is 0 Å². The second-order valence-electron chi connectivity index (χ2n) is 6.63. The fourth-order valence-electron chi connectivity index (χ4n) is 3.50. The van der Waals surface area contributed by atoms with Crippen LogP contribution in [-0.2, 0) is 21.1 Å². The van der Waals surface area contributed by atoms with E-state index in [2.05, 4.69) is 5.32 Å². The van der Waals surface area contributed by atoms with Gasteiger partial charge in [-0.25, -0.2) is 0 Å². The van der Waals surface area contributed by atoms with Gasteiger partial charge in [-0.15, -0.1) is 18.3 Å². The molecule has 0 bridgehead atoms. The molecule has 4 rings (SSSR count). The molecule has 0 radical (unpaired) electrons. The van der Waals surface area contributed by atoms with Crippen LogP contribution in [0.2, 0.25) is 0 Å². The number of rotatable bonds is 2. The normalized spacial score (nSPS) is 20.8. The Balaban J connectivity index is 0.000000230. The quantitative estimate of drug-likeness (QED) is 0.566. The largest absolute Gasteiger partial charge is 2.00 e. The molecule has 2 aromatic rings. The van der Waals surface area contributed by atoms with Gasteiger partial charge in [0.25, 0.3) is 0 Å². The molecule has 0 spiro atoms. The van der Waals surface area contributed by atoms with Crippen LogP contribution in [0.1, 0.15) is 48.5 Å². The summed E-state index contributed by atoms with van der Waals surface area (Å²) in [5, 5.41) is 6.54. The van der Waals surface area contributed by atoms with E-state index >= 15 is 0 Å². The molecule has 0 aliphatic heterocycles. The van der Waals surface area contributed by atoms with Gasteiger partial charge in [-0.05, 0) is 34.9 Å². The van der Waals surface area contributed by atoms with Crippen molar-refractivity contribution in [3.05, 3.63) is 58.6 Å². The number of benzene rings is 2. The number of hydrogen-bond acceptors (Lipinski definition) is 2. The number of carbonyl (C=O) groups is 1. The van der Waals surface area contributed by atoms with Crippen molar-refractivity contribution in [3.8, 4) is 0 Å². The van der Waals surface area contributed by atoms with Crippen molar-refractivity contribution in [3.63, 3.8) is 0 Å². The van der Waals surface area contributed by atoms with Gasteiger partial charge in [0.05, 0.1) is 0 Å². The molecule has 3 N–H and O–H groups in total. The summed E-state index contributed by atoms with van der Waals surface area (Å²) in [7, 11) is 0. The Morgan fingerprint density at radius 1 is 1.15 bits per heavy atom. The first kappa shape index (κ1) is 20.8. The molecule has 1 saturated carbocycles. The van der Waals surface area contributed by atoms with Gasteiger partial charge in [-0.1, -0.05) is 62.6 Å². The number of hydrogen-bond donors (Lipinski definition) is 1. The Hall–Kier alpha value is -1.48. The average molecular weight is 531 g/mol. The van der Waals surface area contributed by atoms with Gasteiger partial charge < -0.3 is 16.8 Å². The minimum Gasteiger partial charge on any atom is -0.684 e. The SMILES string of the molecule is CC[N-]c1ccc2cccc3c2c1C(=O)C=C3.[NH-]C1CCCCC1N.[Pt+2]. The molecule has 0 aromatic heterocycles. The number of nitrogens with one attached hydrogen (secondary N) is 1. The van der Waals surface area contributed by atoms with E-state index in [4.69, 9.17) is 11.5 Å². The summed E-state index contributed by atoms with van der Waals surface area (Å²) < 4.78 is 0. The van der Waals surface area contributed by atoms with Crippen LogP contribution in [0.4, 0.5) is 5.69 Å². The van der Waals surface area contributed by atoms with Crippen molar-refractivity contribution in [2.75, 3.05) is 6.54 Å². The fourth-order valence-corrected chi connectivity index (χ4v) is 3.50. The molecule has 2 unspecified atom stereocenters. The molecule has 26 heavy (non-hydrogen) atoms. The van der Waals surface area contributed by atoms with E-state index in [1.807, 2.05) is 43.3 Å². The predicted octanol–water partition coefficient (Wildman–Crippen LogP) is 5.38. The van der Waals surface area contributed by atoms with Crippen molar-refractivity contribution in [1.82, 2.24) is 0 Å². The summed E-state index contributed by atoms with van der Waals surface area (Å²) >= 11 is 0. The molecule has 2 aliphatic rings. The Bertz CT molecular complexity index is 793. The van der Waals surface area contributed by atoms with Gasteiger partial charge in [0.1, 0.15) is 0 Å². The molecular weight excluding hydrogens is 505 g/mol. The third-order valence-corrected chi connectivity index (χ3v) is 4.86. The monoisotopic (exact) mass is 530 g/mol. The van der Waals surface area contributed by atoms with E-state index in [9.17, 15) is 4.79 Å². The van der Waals surface area contributed by atoms with Crippen molar-refractivity contribution in [2.45, 2.75) is 44.7 Å². The Morgan fingerprint density at radius 2 is 1.92 bits per heavy atom. The van der Waals surface area contributed by atoms with Crippen LogP contribution in [0.3, 0.4) is 0 Å². The van der Waals surface area contributed by atoms with Crippen LogP contribution in [-0.4, -0.2) is 24.4 Å². The van der Waals surface area contributed by atoms with Crippen molar-refractivity contribution in [1.29, 1.82) is 0 Å². The first-order valence-electron chi connectivity index (χ1n) is 9.04. The van der Waals surface area contributed by atoms with E-state index < -0.39 is 0 Å². The molecule has 4 nitrogen and oxygen atoms in total. The Kier molecular flexibility index (Phi) is 7.57. The molecule has 2 atom stereocenters. The first-order chi connectivity index (χ1) is 12.1. The van der Waals surface area contributed by atoms with E-state index in [1.165, 1.54) is 12.8 Å². The summed E-state index contributed by atoms with van der Waals surface area (Å²) in [4.78, 5) is 12.0. The summed E-state index contributed by atoms with van der Waals surface area (Å²) in [6.45, 7) is 2.67. The minimum absolute atomic E-state index is 0. The Morgan fingerprint density at radius 3 is 2.58 bits per heavy atom.